The van der Waals surface area contributed by atoms with Gasteiger partial charge in [-0.1, -0.05) is 28.1 Å². The van der Waals surface area contributed by atoms with Gasteiger partial charge in [-0.25, -0.2) is 0 Å². The highest BCUT2D eigenvalue weighted by atomic mass is 79.9. The number of pyridine rings is 1. The second-order valence-electron chi connectivity index (χ2n) is 2.34. The molecule has 0 unspecified atom stereocenters. The number of benzene rings is 1. The lowest BCUT2D eigenvalue weighted by molar-refractivity contribution is 1.36. The molecule has 1 aromatic heterocycles. The van der Waals surface area contributed by atoms with Gasteiger partial charge in [0.05, 0.1) is 0 Å². The third-order valence-corrected chi connectivity index (χ3v) is 2.32. The van der Waals surface area contributed by atoms with Crippen molar-refractivity contribution in [1.29, 1.82) is 0 Å². The van der Waals surface area contributed by atoms with Gasteiger partial charge in [-0.3, -0.25) is 4.98 Å². The highest BCUT2D eigenvalue weighted by Gasteiger charge is 1.94. The third-order valence-electron chi connectivity index (χ3n) is 1.63. The average molecular weight is 245 g/mol. The molecule has 3 heteroatoms. The maximum absolute atomic E-state index is 4.03. The highest BCUT2D eigenvalue weighted by molar-refractivity contribution is 9.10. The molecule has 0 radical (unpaired) electrons. The van der Waals surface area contributed by atoms with Gasteiger partial charge < -0.3 is 0 Å². The molecule has 2 rings (SSSR count). The van der Waals surface area contributed by atoms with Crippen molar-refractivity contribution in [3.05, 3.63) is 41.1 Å². The van der Waals surface area contributed by atoms with Crippen molar-refractivity contribution in [2.24, 2.45) is 0 Å². The van der Waals surface area contributed by atoms with Gasteiger partial charge in [0.15, 0.2) is 0 Å². The smallest absolute Gasteiger partial charge is 0.0346 e. The van der Waals surface area contributed by atoms with Crippen LogP contribution in [0.3, 0.4) is 0 Å². The Kier molecular flexibility index (Phi) is 3.06. The summed E-state index contributed by atoms with van der Waals surface area (Å²) in [5, 5.41) is 2.38. The van der Waals surface area contributed by atoms with E-state index in [4.69, 9.17) is 0 Å². The molecule has 0 saturated carbocycles. The van der Waals surface area contributed by atoms with Crippen LogP contribution in [0.2, 0.25) is 0 Å². The predicted molar refractivity (Wildman–Crippen MR) is 56.7 cm³/mol. The lowest BCUT2D eigenvalue weighted by atomic mass is 10.2. The first-order valence-corrected chi connectivity index (χ1v) is 4.15. The van der Waals surface area contributed by atoms with E-state index in [0.717, 1.165) is 4.47 Å². The van der Waals surface area contributed by atoms with Crippen molar-refractivity contribution in [3.8, 4) is 0 Å². The Bertz CT molecular complexity index is 384. The van der Waals surface area contributed by atoms with Crippen LogP contribution in [0, 0.1) is 0 Å². The summed E-state index contributed by atoms with van der Waals surface area (Å²) in [7, 11) is 0. The first kappa shape index (κ1) is 9.49. The second kappa shape index (κ2) is 3.87. The fraction of sp³-hybridized carbons (Fsp3) is 0. The van der Waals surface area contributed by atoms with E-state index in [9.17, 15) is 0 Å². The number of hydrogen-bond acceptors (Lipinski definition) is 1. The van der Waals surface area contributed by atoms with E-state index in [1.807, 2.05) is 30.5 Å². The van der Waals surface area contributed by atoms with Crippen molar-refractivity contribution in [1.82, 2.24) is 4.98 Å². The largest absolute Gasteiger partial charge is 0.264 e. The molecule has 0 aliphatic heterocycles. The summed E-state index contributed by atoms with van der Waals surface area (Å²) in [5.41, 5.74) is 0. The van der Waals surface area contributed by atoms with Crippen LogP contribution in [0.1, 0.15) is 0 Å². The molecule has 0 aliphatic carbocycles. The Hall–Kier alpha value is -0.600. The summed E-state index contributed by atoms with van der Waals surface area (Å²) in [6.45, 7) is 0. The predicted octanol–water partition coefficient (Wildman–Crippen LogP) is 3.42. The zero-order chi connectivity index (χ0) is 7.68. The van der Waals surface area contributed by atoms with Crippen LogP contribution in [0.25, 0.3) is 10.8 Å². The van der Waals surface area contributed by atoms with E-state index in [1.54, 1.807) is 6.20 Å². The molecule has 1 aromatic carbocycles. The molecule has 0 spiro atoms. The molecule has 0 aliphatic rings. The Morgan fingerprint density at radius 1 is 1.17 bits per heavy atom. The number of fused-ring (bicyclic) bond motifs is 1. The number of hydrogen-bond donors (Lipinski definition) is 0. The summed E-state index contributed by atoms with van der Waals surface area (Å²) < 4.78 is 1.12. The van der Waals surface area contributed by atoms with Crippen molar-refractivity contribution < 1.29 is 0 Å². The van der Waals surface area contributed by atoms with Crippen molar-refractivity contribution >= 4 is 39.1 Å². The third kappa shape index (κ3) is 1.59. The van der Waals surface area contributed by atoms with Crippen LogP contribution in [0.5, 0.6) is 0 Å². The van der Waals surface area contributed by atoms with E-state index in [-0.39, 0.29) is 12.4 Å². The van der Waals surface area contributed by atoms with Crippen molar-refractivity contribution in [2.45, 2.75) is 0 Å². The molecule has 1 heterocycles. The maximum atomic E-state index is 4.03. The van der Waals surface area contributed by atoms with Crippen molar-refractivity contribution in [2.75, 3.05) is 0 Å². The van der Waals surface area contributed by atoms with Crippen LogP contribution in [0.4, 0.5) is 0 Å². The zero-order valence-electron chi connectivity index (χ0n) is 6.20. The van der Waals surface area contributed by atoms with E-state index < -0.39 is 0 Å². The van der Waals surface area contributed by atoms with Crippen LogP contribution in [-0.2, 0) is 0 Å². The summed E-state index contributed by atoms with van der Waals surface area (Å²) >= 11 is 3.47. The van der Waals surface area contributed by atoms with Gasteiger partial charge in [-0.05, 0) is 17.5 Å². The molecule has 0 bridgehead atoms. The normalized spacial score (nSPS) is 9.42. The van der Waals surface area contributed by atoms with Gasteiger partial charge in [0.1, 0.15) is 0 Å². The molecule has 62 valence electrons. The molecule has 0 N–H and O–H groups in total. The van der Waals surface area contributed by atoms with Crippen LogP contribution in [-0.4, -0.2) is 4.98 Å². The van der Waals surface area contributed by atoms with Gasteiger partial charge >= 0.3 is 0 Å². The Balaban J connectivity index is 0.000000720. The SMILES string of the molecule is Brc1cccc2cnccc12.Cl. The number of aromatic nitrogens is 1. The Morgan fingerprint density at radius 3 is 2.75 bits per heavy atom. The number of rotatable bonds is 0. The summed E-state index contributed by atoms with van der Waals surface area (Å²) in [5.74, 6) is 0. The van der Waals surface area contributed by atoms with Crippen LogP contribution >= 0.6 is 28.3 Å². The summed E-state index contributed by atoms with van der Waals surface area (Å²) in [6, 6.07) is 8.09. The van der Waals surface area contributed by atoms with Crippen LogP contribution < -0.4 is 0 Å². The van der Waals surface area contributed by atoms with E-state index in [0.29, 0.717) is 0 Å². The molecular formula is C9H7BrClN. The lowest BCUT2D eigenvalue weighted by Gasteiger charge is -1.96. The monoisotopic (exact) mass is 243 g/mol. The molecule has 0 saturated heterocycles. The molecule has 0 amide bonds. The molecular weight excluding hydrogens is 237 g/mol. The fourth-order valence-corrected chi connectivity index (χ4v) is 1.60. The standard InChI is InChI=1S/C9H6BrN.ClH/c10-9-3-1-2-7-6-11-5-4-8(7)9;/h1-6H;1H. The van der Waals surface area contributed by atoms with Gasteiger partial charge in [0.2, 0.25) is 0 Å². The van der Waals surface area contributed by atoms with E-state index in [2.05, 4.69) is 20.9 Å². The van der Waals surface area contributed by atoms with Gasteiger partial charge in [0.25, 0.3) is 0 Å². The maximum Gasteiger partial charge on any atom is 0.0346 e. The second-order valence-corrected chi connectivity index (χ2v) is 3.19. The molecule has 1 nitrogen and oxygen atoms in total. The molecule has 12 heavy (non-hydrogen) atoms. The number of nitrogens with zero attached hydrogens (tertiary/aromatic N) is 1. The van der Waals surface area contributed by atoms with E-state index in [1.165, 1.54) is 10.8 Å². The topological polar surface area (TPSA) is 12.9 Å². The molecule has 0 fully saturated rings. The highest BCUT2D eigenvalue weighted by Crippen LogP contribution is 2.21. The Labute approximate surface area is 85.4 Å². The summed E-state index contributed by atoms with van der Waals surface area (Å²) in [4.78, 5) is 4.03. The summed E-state index contributed by atoms with van der Waals surface area (Å²) in [6.07, 6.45) is 3.66. The lowest BCUT2D eigenvalue weighted by Crippen LogP contribution is -1.74. The average Bonchev–Trinajstić information content (AvgIpc) is 2.06. The quantitative estimate of drug-likeness (QED) is 0.692. The van der Waals surface area contributed by atoms with E-state index >= 15 is 0 Å². The molecule has 2 aromatic rings. The van der Waals surface area contributed by atoms with Gasteiger partial charge in [-0.15, -0.1) is 12.4 Å². The Morgan fingerprint density at radius 2 is 2.00 bits per heavy atom. The minimum Gasteiger partial charge on any atom is -0.264 e. The first-order valence-electron chi connectivity index (χ1n) is 3.36. The first-order chi connectivity index (χ1) is 5.38. The minimum atomic E-state index is 0. The van der Waals surface area contributed by atoms with Crippen LogP contribution in [0.15, 0.2) is 41.1 Å². The van der Waals surface area contributed by atoms with Crippen molar-refractivity contribution in [3.63, 3.8) is 0 Å². The van der Waals surface area contributed by atoms with Gasteiger partial charge in [0, 0.05) is 22.3 Å². The number of halogens is 2. The van der Waals surface area contributed by atoms with Gasteiger partial charge in [-0.2, -0.15) is 0 Å². The zero-order valence-corrected chi connectivity index (χ0v) is 8.60. The fourth-order valence-electron chi connectivity index (χ4n) is 1.08. The minimum absolute atomic E-state index is 0. The molecule has 0 atom stereocenters.